The number of carboxylic acids is 1. The van der Waals surface area contributed by atoms with Gasteiger partial charge in [0.25, 0.3) is 0 Å². The summed E-state index contributed by atoms with van der Waals surface area (Å²) in [5, 5.41) is 8.68. The largest absolute Gasteiger partial charge is 0.487 e. The van der Waals surface area contributed by atoms with Crippen molar-refractivity contribution >= 4 is 5.97 Å². The van der Waals surface area contributed by atoms with Gasteiger partial charge in [-0.25, -0.2) is 4.79 Å². The summed E-state index contributed by atoms with van der Waals surface area (Å²) in [6.45, 7) is 4.46. The SMILES string of the molecule is CCC1(CC)CC(CN)c2ccc(OCC(=O)O)cc2O1. The summed E-state index contributed by atoms with van der Waals surface area (Å²) >= 11 is 0. The third-order valence-corrected chi connectivity index (χ3v) is 4.31. The van der Waals surface area contributed by atoms with Gasteiger partial charge in [-0.15, -0.1) is 0 Å². The van der Waals surface area contributed by atoms with Gasteiger partial charge in [0, 0.05) is 12.0 Å². The molecule has 1 heterocycles. The number of aliphatic carboxylic acids is 1. The summed E-state index contributed by atoms with van der Waals surface area (Å²) in [5.41, 5.74) is 6.81. The van der Waals surface area contributed by atoms with Crippen LogP contribution in [0.15, 0.2) is 18.2 Å². The number of benzene rings is 1. The van der Waals surface area contributed by atoms with Crippen LogP contribution in [-0.4, -0.2) is 29.8 Å². The molecule has 0 aliphatic carbocycles. The Morgan fingerprint density at radius 1 is 1.48 bits per heavy atom. The van der Waals surface area contributed by atoms with Crippen molar-refractivity contribution in [3.05, 3.63) is 23.8 Å². The number of hydrogen-bond acceptors (Lipinski definition) is 4. The Balaban J connectivity index is 2.29. The fourth-order valence-electron chi connectivity index (χ4n) is 2.90. The Bertz CT molecular complexity index is 511. The maximum atomic E-state index is 10.6. The van der Waals surface area contributed by atoms with Gasteiger partial charge in [0.15, 0.2) is 6.61 Å². The van der Waals surface area contributed by atoms with Crippen LogP contribution in [0.4, 0.5) is 0 Å². The molecule has 1 unspecified atom stereocenters. The topological polar surface area (TPSA) is 81.8 Å². The van der Waals surface area contributed by atoms with Crippen LogP contribution in [0.1, 0.15) is 44.6 Å². The molecule has 1 aliphatic heterocycles. The summed E-state index contributed by atoms with van der Waals surface area (Å²) in [4.78, 5) is 10.6. The first-order valence-electron chi connectivity index (χ1n) is 7.41. The predicted molar refractivity (Wildman–Crippen MR) is 79.9 cm³/mol. The van der Waals surface area contributed by atoms with Gasteiger partial charge in [-0.2, -0.15) is 0 Å². The van der Waals surface area contributed by atoms with E-state index in [4.69, 9.17) is 20.3 Å². The van der Waals surface area contributed by atoms with Crippen LogP contribution in [0, 0.1) is 0 Å². The van der Waals surface area contributed by atoms with Gasteiger partial charge < -0.3 is 20.3 Å². The van der Waals surface area contributed by atoms with Crippen molar-refractivity contribution in [2.75, 3.05) is 13.2 Å². The van der Waals surface area contributed by atoms with E-state index in [0.717, 1.165) is 30.6 Å². The van der Waals surface area contributed by atoms with Crippen LogP contribution in [-0.2, 0) is 4.79 Å². The molecule has 1 aromatic rings. The van der Waals surface area contributed by atoms with E-state index in [9.17, 15) is 4.79 Å². The van der Waals surface area contributed by atoms with E-state index < -0.39 is 5.97 Å². The lowest BCUT2D eigenvalue weighted by Gasteiger charge is -2.41. The summed E-state index contributed by atoms with van der Waals surface area (Å²) in [7, 11) is 0. The maximum absolute atomic E-state index is 10.6. The summed E-state index contributed by atoms with van der Waals surface area (Å²) in [5.74, 6) is 0.547. The summed E-state index contributed by atoms with van der Waals surface area (Å²) in [6.07, 6.45) is 2.75. The first kappa shape index (κ1) is 15.6. The molecule has 0 radical (unpaired) electrons. The highest BCUT2D eigenvalue weighted by Crippen LogP contribution is 2.44. The molecule has 0 saturated carbocycles. The highest BCUT2D eigenvalue weighted by Gasteiger charge is 2.38. The lowest BCUT2D eigenvalue weighted by Crippen LogP contribution is -2.41. The Labute approximate surface area is 125 Å². The molecule has 0 amide bonds. The van der Waals surface area contributed by atoms with Gasteiger partial charge in [0.1, 0.15) is 17.1 Å². The second kappa shape index (κ2) is 6.35. The minimum absolute atomic E-state index is 0.192. The maximum Gasteiger partial charge on any atom is 0.341 e. The molecule has 0 spiro atoms. The van der Waals surface area contributed by atoms with Crippen LogP contribution < -0.4 is 15.2 Å². The number of rotatable bonds is 6. The van der Waals surface area contributed by atoms with Crippen molar-refractivity contribution < 1.29 is 19.4 Å². The molecular weight excluding hydrogens is 270 g/mol. The lowest BCUT2D eigenvalue weighted by molar-refractivity contribution is -0.139. The fourth-order valence-corrected chi connectivity index (χ4v) is 2.90. The van der Waals surface area contributed by atoms with Crippen LogP contribution in [0.25, 0.3) is 0 Å². The molecule has 116 valence electrons. The molecule has 2 rings (SSSR count). The van der Waals surface area contributed by atoms with Crippen molar-refractivity contribution in [3.8, 4) is 11.5 Å². The molecule has 0 bridgehead atoms. The number of carbonyl (C=O) groups is 1. The number of fused-ring (bicyclic) bond motifs is 1. The zero-order chi connectivity index (χ0) is 15.5. The second-order valence-electron chi connectivity index (χ2n) is 5.51. The third-order valence-electron chi connectivity index (χ3n) is 4.31. The summed E-state index contributed by atoms with van der Waals surface area (Å²) in [6, 6.07) is 5.48. The van der Waals surface area contributed by atoms with Gasteiger partial charge in [-0.05, 0) is 37.4 Å². The van der Waals surface area contributed by atoms with Crippen molar-refractivity contribution in [1.82, 2.24) is 0 Å². The molecule has 1 aliphatic rings. The number of ether oxygens (including phenoxy) is 2. The fraction of sp³-hybridized carbons (Fsp3) is 0.562. The first-order valence-corrected chi connectivity index (χ1v) is 7.41. The van der Waals surface area contributed by atoms with Crippen LogP contribution in [0.3, 0.4) is 0 Å². The zero-order valence-corrected chi connectivity index (χ0v) is 12.6. The number of nitrogens with two attached hydrogens (primary N) is 1. The minimum Gasteiger partial charge on any atom is -0.487 e. The summed E-state index contributed by atoms with van der Waals surface area (Å²) < 4.78 is 11.4. The smallest absolute Gasteiger partial charge is 0.341 e. The number of hydrogen-bond donors (Lipinski definition) is 2. The van der Waals surface area contributed by atoms with E-state index in [1.165, 1.54) is 0 Å². The third kappa shape index (κ3) is 3.29. The molecule has 5 nitrogen and oxygen atoms in total. The molecular formula is C16H23NO4. The Hall–Kier alpha value is -1.75. The van der Waals surface area contributed by atoms with E-state index in [0.29, 0.717) is 12.3 Å². The zero-order valence-electron chi connectivity index (χ0n) is 12.6. The van der Waals surface area contributed by atoms with Crippen molar-refractivity contribution in [1.29, 1.82) is 0 Å². The molecule has 1 atom stereocenters. The van der Waals surface area contributed by atoms with Crippen molar-refractivity contribution in [2.24, 2.45) is 5.73 Å². The predicted octanol–water partition coefficient (Wildman–Crippen LogP) is 2.53. The Morgan fingerprint density at radius 3 is 2.76 bits per heavy atom. The van der Waals surface area contributed by atoms with E-state index in [2.05, 4.69) is 13.8 Å². The second-order valence-corrected chi connectivity index (χ2v) is 5.51. The Morgan fingerprint density at radius 2 is 2.19 bits per heavy atom. The number of carboxylic acid groups (broad SMARTS) is 1. The van der Waals surface area contributed by atoms with Gasteiger partial charge in [-0.1, -0.05) is 19.9 Å². The van der Waals surface area contributed by atoms with E-state index in [-0.39, 0.29) is 18.1 Å². The molecule has 1 aromatic carbocycles. The van der Waals surface area contributed by atoms with Gasteiger partial charge >= 0.3 is 5.97 Å². The molecule has 5 heteroatoms. The van der Waals surface area contributed by atoms with Gasteiger partial charge in [-0.3, -0.25) is 0 Å². The lowest BCUT2D eigenvalue weighted by atomic mass is 9.79. The van der Waals surface area contributed by atoms with Crippen molar-refractivity contribution in [2.45, 2.75) is 44.6 Å². The van der Waals surface area contributed by atoms with E-state index in [1.807, 2.05) is 6.07 Å². The molecule has 21 heavy (non-hydrogen) atoms. The van der Waals surface area contributed by atoms with Gasteiger partial charge in [0.05, 0.1) is 0 Å². The van der Waals surface area contributed by atoms with E-state index >= 15 is 0 Å². The quantitative estimate of drug-likeness (QED) is 0.842. The Kier molecular flexibility index (Phi) is 4.73. The first-order chi connectivity index (χ1) is 10.0. The normalized spacial score (nSPS) is 19.5. The molecule has 3 N–H and O–H groups in total. The monoisotopic (exact) mass is 293 g/mol. The molecule has 0 aromatic heterocycles. The van der Waals surface area contributed by atoms with Gasteiger partial charge in [0.2, 0.25) is 0 Å². The molecule has 0 fully saturated rings. The standard InChI is InChI=1S/C16H23NO4/c1-3-16(4-2)8-11(9-17)13-6-5-12(7-14(13)21-16)20-10-15(18)19/h5-7,11H,3-4,8-10,17H2,1-2H3,(H,18,19). The minimum atomic E-state index is -0.995. The highest BCUT2D eigenvalue weighted by atomic mass is 16.5. The van der Waals surface area contributed by atoms with Crippen molar-refractivity contribution in [3.63, 3.8) is 0 Å². The van der Waals surface area contributed by atoms with E-state index in [1.54, 1.807) is 12.1 Å². The van der Waals surface area contributed by atoms with Crippen LogP contribution in [0.5, 0.6) is 11.5 Å². The average molecular weight is 293 g/mol. The highest BCUT2D eigenvalue weighted by molar-refractivity contribution is 5.68. The molecule has 0 saturated heterocycles. The van der Waals surface area contributed by atoms with Crippen LogP contribution in [0.2, 0.25) is 0 Å². The van der Waals surface area contributed by atoms with Crippen LogP contribution >= 0.6 is 0 Å². The average Bonchev–Trinajstić information content (AvgIpc) is 2.51.